The van der Waals surface area contributed by atoms with Crippen LogP contribution in [0.1, 0.15) is 46.5 Å². The lowest BCUT2D eigenvalue weighted by Gasteiger charge is -2.41. The summed E-state index contributed by atoms with van der Waals surface area (Å²) >= 11 is 2.07. The summed E-state index contributed by atoms with van der Waals surface area (Å²) < 4.78 is 11.8. The molecule has 0 bridgehead atoms. The lowest BCUT2D eigenvalue weighted by molar-refractivity contribution is -0.178. The summed E-state index contributed by atoms with van der Waals surface area (Å²) in [4.78, 5) is 0. The third kappa shape index (κ3) is 3.62. The van der Waals surface area contributed by atoms with E-state index >= 15 is 0 Å². The topological polar surface area (TPSA) is 30.5 Å². The first-order valence-corrected chi connectivity index (χ1v) is 8.26. The van der Waals surface area contributed by atoms with Crippen molar-refractivity contribution in [3.05, 3.63) is 0 Å². The van der Waals surface area contributed by atoms with Crippen LogP contribution < -0.4 is 5.32 Å². The Kier molecular flexibility index (Phi) is 5.36. The molecule has 1 N–H and O–H groups in total. The highest BCUT2D eigenvalue weighted by atomic mass is 32.2. The van der Waals surface area contributed by atoms with Gasteiger partial charge < -0.3 is 14.8 Å². The van der Waals surface area contributed by atoms with Gasteiger partial charge in [-0.05, 0) is 24.6 Å². The molecule has 18 heavy (non-hydrogen) atoms. The molecule has 1 spiro atoms. The van der Waals surface area contributed by atoms with Gasteiger partial charge in [-0.2, -0.15) is 11.8 Å². The van der Waals surface area contributed by atoms with E-state index < -0.39 is 0 Å². The van der Waals surface area contributed by atoms with Gasteiger partial charge in [-0.15, -0.1) is 0 Å². The molecule has 1 saturated heterocycles. The van der Waals surface area contributed by atoms with E-state index in [4.69, 9.17) is 9.47 Å². The zero-order valence-corrected chi connectivity index (χ0v) is 12.7. The summed E-state index contributed by atoms with van der Waals surface area (Å²) in [5, 5.41) is 4.98. The van der Waals surface area contributed by atoms with Gasteiger partial charge in [0.05, 0.1) is 13.2 Å². The molecular weight excluding hydrogens is 246 g/mol. The zero-order valence-electron chi connectivity index (χ0n) is 11.9. The third-order valence-electron chi connectivity index (χ3n) is 3.71. The SMILES string of the molecule is CCCNC1CCC2(CC1SC(C)C)OCCO2. The molecule has 2 atom stereocenters. The second-order valence-electron chi connectivity index (χ2n) is 5.63. The van der Waals surface area contributed by atoms with E-state index in [1.165, 1.54) is 12.8 Å². The summed E-state index contributed by atoms with van der Waals surface area (Å²) in [6.07, 6.45) is 4.46. The molecule has 2 fully saturated rings. The van der Waals surface area contributed by atoms with E-state index in [1.54, 1.807) is 0 Å². The van der Waals surface area contributed by atoms with Crippen LogP contribution in [0.3, 0.4) is 0 Å². The standard InChI is InChI=1S/C14H27NO2S/c1-4-7-15-12-5-6-14(16-8-9-17-14)10-13(12)18-11(2)3/h11-13,15H,4-10H2,1-3H3. The monoisotopic (exact) mass is 273 g/mol. The first kappa shape index (κ1) is 14.6. The molecule has 0 amide bonds. The van der Waals surface area contributed by atoms with Gasteiger partial charge in [-0.25, -0.2) is 0 Å². The van der Waals surface area contributed by atoms with Crippen molar-refractivity contribution in [2.24, 2.45) is 0 Å². The Morgan fingerprint density at radius 1 is 1.33 bits per heavy atom. The van der Waals surface area contributed by atoms with Crippen LogP contribution in [0, 0.1) is 0 Å². The fourth-order valence-corrected chi connectivity index (χ4v) is 4.40. The number of rotatable bonds is 5. The first-order valence-electron chi connectivity index (χ1n) is 7.32. The molecule has 3 nitrogen and oxygen atoms in total. The number of nitrogens with one attached hydrogen (secondary N) is 1. The summed E-state index contributed by atoms with van der Waals surface area (Å²) in [7, 11) is 0. The van der Waals surface area contributed by atoms with Crippen molar-refractivity contribution in [1.29, 1.82) is 0 Å². The van der Waals surface area contributed by atoms with Gasteiger partial charge in [-0.3, -0.25) is 0 Å². The van der Waals surface area contributed by atoms with Gasteiger partial charge in [0.2, 0.25) is 0 Å². The Hall–Kier alpha value is 0.230. The second kappa shape index (κ2) is 6.60. The van der Waals surface area contributed by atoms with E-state index in [1.807, 2.05) is 0 Å². The molecule has 2 rings (SSSR count). The molecule has 1 saturated carbocycles. The summed E-state index contributed by atoms with van der Waals surface area (Å²) in [6.45, 7) is 9.44. The maximum Gasteiger partial charge on any atom is 0.169 e. The highest BCUT2D eigenvalue weighted by Gasteiger charge is 2.45. The summed E-state index contributed by atoms with van der Waals surface area (Å²) in [6, 6.07) is 0.621. The Bertz CT molecular complexity index is 254. The number of ether oxygens (including phenoxy) is 2. The van der Waals surface area contributed by atoms with Crippen molar-refractivity contribution in [3.63, 3.8) is 0 Å². The highest BCUT2D eigenvalue weighted by Crippen LogP contribution is 2.41. The molecule has 0 aromatic carbocycles. The van der Waals surface area contributed by atoms with E-state index in [0.29, 0.717) is 16.5 Å². The molecule has 2 aliphatic rings. The minimum atomic E-state index is -0.253. The first-order chi connectivity index (χ1) is 8.65. The lowest BCUT2D eigenvalue weighted by atomic mass is 9.89. The predicted molar refractivity (Wildman–Crippen MR) is 77.1 cm³/mol. The summed E-state index contributed by atoms with van der Waals surface area (Å²) in [5.74, 6) is -0.253. The smallest absolute Gasteiger partial charge is 0.169 e. The van der Waals surface area contributed by atoms with E-state index in [0.717, 1.165) is 32.6 Å². The average molecular weight is 273 g/mol. The molecule has 0 aromatic heterocycles. The minimum Gasteiger partial charge on any atom is -0.347 e. The van der Waals surface area contributed by atoms with Crippen molar-refractivity contribution in [2.45, 2.75) is 68.8 Å². The van der Waals surface area contributed by atoms with Gasteiger partial charge in [0.15, 0.2) is 5.79 Å². The minimum absolute atomic E-state index is 0.253. The van der Waals surface area contributed by atoms with E-state index in [-0.39, 0.29) is 5.79 Å². The average Bonchev–Trinajstić information content (AvgIpc) is 2.76. The Morgan fingerprint density at radius 2 is 2.06 bits per heavy atom. The molecular formula is C14H27NO2S. The molecule has 1 aliphatic carbocycles. The van der Waals surface area contributed by atoms with Crippen LogP contribution in [0.25, 0.3) is 0 Å². The predicted octanol–water partition coefficient (Wildman–Crippen LogP) is 2.79. The molecule has 106 valence electrons. The molecule has 2 unspecified atom stereocenters. The molecule has 0 radical (unpaired) electrons. The number of thioether (sulfide) groups is 1. The van der Waals surface area contributed by atoms with Gasteiger partial charge in [0.1, 0.15) is 0 Å². The molecule has 1 heterocycles. The molecule has 0 aromatic rings. The van der Waals surface area contributed by atoms with Crippen molar-refractivity contribution < 1.29 is 9.47 Å². The Morgan fingerprint density at radius 3 is 2.67 bits per heavy atom. The van der Waals surface area contributed by atoms with Crippen molar-refractivity contribution in [1.82, 2.24) is 5.32 Å². The van der Waals surface area contributed by atoms with Crippen LogP contribution >= 0.6 is 11.8 Å². The third-order valence-corrected chi connectivity index (χ3v) is 5.10. The van der Waals surface area contributed by atoms with Crippen LogP contribution in [-0.4, -0.2) is 42.1 Å². The zero-order chi connectivity index (χ0) is 13.0. The van der Waals surface area contributed by atoms with Crippen molar-refractivity contribution in [2.75, 3.05) is 19.8 Å². The fraction of sp³-hybridized carbons (Fsp3) is 1.00. The number of hydrogen-bond acceptors (Lipinski definition) is 4. The normalized spacial score (nSPS) is 31.3. The fourth-order valence-electron chi connectivity index (χ4n) is 2.93. The molecule has 1 aliphatic heterocycles. The Balaban J connectivity index is 1.95. The lowest BCUT2D eigenvalue weighted by Crippen LogP contribution is -2.50. The maximum absolute atomic E-state index is 5.88. The number of hydrogen-bond donors (Lipinski definition) is 1. The largest absolute Gasteiger partial charge is 0.347 e. The van der Waals surface area contributed by atoms with Crippen molar-refractivity contribution >= 4 is 11.8 Å². The van der Waals surface area contributed by atoms with E-state index in [2.05, 4.69) is 37.8 Å². The van der Waals surface area contributed by atoms with Crippen LogP contribution in [0.4, 0.5) is 0 Å². The van der Waals surface area contributed by atoms with Gasteiger partial charge >= 0.3 is 0 Å². The molecule has 4 heteroatoms. The highest BCUT2D eigenvalue weighted by molar-refractivity contribution is 8.00. The van der Waals surface area contributed by atoms with Crippen molar-refractivity contribution in [3.8, 4) is 0 Å². The van der Waals surface area contributed by atoms with Gasteiger partial charge in [0.25, 0.3) is 0 Å². The van der Waals surface area contributed by atoms with Crippen LogP contribution in [0.15, 0.2) is 0 Å². The van der Waals surface area contributed by atoms with Crippen LogP contribution in [0.5, 0.6) is 0 Å². The Labute approximate surface area is 115 Å². The second-order valence-corrected chi connectivity index (χ2v) is 7.45. The van der Waals surface area contributed by atoms with Gasteiger partial charge in [-0.1, -0.05) is 20.8 Å². The quantitative estimate of drug-likeness (QED) is 0.834. The summed E-state index contributed by atoms with van der Waals surface area (Å²) in [5.41, 5.74) is 0. The maximum atomic E-state index is 5.88. The van der Waals surface area contributed by atoms with Crippen LogP contribution in [0.2, 0.25) is 0 Å². The van der Waals surface area contributed by atoms with Gasteiger partial charge in [0, 0.05) is 24.1 Å². The van der Waals surface area contributed by atoms with Crippen LogP contribution in [-0.2, 0) is 9.47 Å². The van der Waals surface area contributed by atoms with E-state index in [9.17, 15) is 0 Å².